The minimum absolute atomic E-state index is 0.121. The van der Waals surface area contributed by atoms with Gasteiger partial charge in [-0.25, -0.2) is 14.5 Å². The van der Waals surface area contributed by atoms with Crippen molar-refractivity contribution in [1.82, 2.24) is 34.3 Å². The SMILES string of the molecule is Cc1c(-c2cc(O[C@H](C)c3ccccn3)n3c(C#N)cnc3c2)nnn1C1CCN(C(=O)OC(C)(C)C)C(C2CC2)C1. The summed E-state index contributed by atoms with van der Waals surface area (Å²) in [6.45, 7) is 10.3. The highest BCUT2D eigenvalue weighted by molar-refractivity contribution is 5.69. The molecule has 0 aromatic carbocycles. The van der Waals surface area contributed by atoms with Crippen LogP contribution in [0.1, 0.15) is 82.6 Å². The minimum Gasteiger partial charge on any atom is -0.469 e. The average molecular weight is 569 g/mol. The van der Waals surface area contributed by atoms with E-state index in [0.29, 0.717) is 29.7 Å². The Bertz CT molecular complexity index is 1640. The van der Waals surface area contributed by atoms with Crippen LogP contribution in [0.2, 0.25) is 0 Å². The molecule has 2 fully saturated rings. The molecule has 2 aliphatic rings. The summed E-state index contributed by atoms with van der Waals surface area (Å²) in [4.78, 5) is 23.8. The zero-order valence-electron chi connectivity index (χ0n) is 24.7. The van der Waals surface area contributed by atoms with Crippen LogP contribution in [0.3, 0.4) is 0 Å². The van der Waals surface area contributed by atoms with E-state index in [1.54, 1.807) is 10.6 Å². The van der Waals surface area contributed by atoms with Gasteiger partial charge in [0.05, 0.1) is 23.6 Å². The van der Waals surface area contributed by atoms with Gasteiger partial charge < -0.3 is 14.4 Å². The van der Waals surface area contributed by atoms with Gasteiger partial charge in [-0.1, -0.05) is 11.3 Å². The van der Waals surface area contributed by atoms with Gasteiger partial charge in [0, 0.05) is 30.4 Å². The molecule has 218 valence electrons. The van der Waals surface area contributed by atoms with Crippen molar-refractivity contribution in [2.75, 3.05) is 6.54 Å². The van der Waals surface area contributed by atoms with Crippen molar-refractivity contribution in [2.24, 2.45) is 5.92 Å². The average Bonchev–Trinajstić information content (AvgIpc) is 3.62. The third-order valence-corrected chi connectivity index (χ3v) is 8.05. The Morgan fingerprint density at radius 3 is 2.67 bits per heavy atom. The van der Waals surface area contributed by atoms with Crippen LogP contribution >= 0.6 is 0 Å². The summed E-state index contributed by atoms with van der Waals surface area (Å²) in [5.41, 5.74) is 3.67. The van der Waals surface area contributed by atoms with Crippen LogP contribution in [0.25, 0.3) is 16.9 Å². The first-order valence-electron chi connectivity index (χ1n) is 14.5. The van der Waals surface area contributed by atoms with Crippen LogP contribution in [0.15, 0.2) is 42.7 Å². The van der Waals surface area contributed by atoms with Crippen molar-refractivity contribution in [3.63, 3.8) is 0 Å². The van der Waals surface area contributed by atoms with Crippen LogP contribution in [0.5, 0.6) is 5.88 Å². The molecule has 4 aromatic rings. The second-order valence-corrected chi connectivity index (χ2v) is 12.3. The Kier molecular flexibility index (Phi) is 7.09. The second-order valence-electron chi connectivity index (χ2n) is 12.3. The van der Waals surface area contributed by atoms with Gasteiger partial charge in [-0.2, -0.15) is 5.26 Å². The van der Waals surface area contributed by atoms with E-state index in [2.05, 4.69) is 26.3 Å². The van der Waals surface area contributed by atoms with Gasteiger partial charge in [0.2, 0.25) is 5.88 Å². The summed E-state index contributed by atoms with van der Waals surface area (Å²) in [6.07, 6.45) is 6.53. The highest BCUT2D eigenvalue weighted by Gasteiger charge is 2.43. The van der Waals surface area contributed by atoms with E-state index in [-0.39, 0.29) is 24.3 Å². The number of hydrogen-bond acceptors (Lipinski definition) is 8. The van der Waals surface area contributed by atoms with E-state index in [0.717, 1.165) is 48.3 Å². The number of hydrogen-bond donors (Lipinski definition) is 0. The number of likely N-dealkylation sites (tertiary alicyclic amines) is 1. The van der Waals surface area contributed by atoms with E-state index < -0.39 is 5.60 Å². The number of carbonyl (C=O) groups is 1. The second kappa shape index (κ2) is 10.7. The fraction of sp³-hybridized carbons (Fsp3) is 0.484. The van der Waals surface area contributed by atoms with E-state index in [4.69, 9.17) is 9.47 Å². The van der Waals surface area contributed by atoms with E-state index in [1.165, 1.54) is 6.20 Å². The maximum atomic E-state index is 13.0. The predicted octanol–water partition coefficient (Wildman–Crippen LogP) is 5.66. The lowest BCUT2D eigenvalue weighted by molar-refractivity contribution is 0.00131. The topological polar surface area (TPSA) is 123 Å². The Morgan fingerprint density at radius 2 is 1.98 bits per heavy atom. The van der Waals surface area contributed by atoms with Gasteiger partial charge in [-0.3, -0.25) is 9.38 Å². The number of nitriles is 1. The van der Waals surface area contributed by atoms with Crippen molar-refractivity contribution in [3.05, 3.63) is 59.8 Å². The molecule has 1 aliphatic heterocycles. The lowest BCUT2D eigenvalue weighted by Crippen LogP contribution is -2.49. The standard InChI is InChI=1S/C31H36N8O3/c1-19-29(35-36-39(19)23-11-13-37(26(16-23)21-9-10-21)30(40)42-31(3,4)5)22-14-27-34-18-24(17-32)38(27)28(15-22)41-20(2)25-8-6-7-12-33-25/h6-8,12,14-15,18,20-21,23,26H,9-11,13,16H2,1-5H3/t20-,23?,26?/m1/s1. The van der Waals surface area contributed by atoms with Crippen LogP contribution in [0, 0.1) is 24.2 Å². The van der Waals surface area contributed by atoms with Crippen molar-refractivity contribution < 1.29 is 14.3 Å². The number of rotatable bonds is 6. The number of amides is 1. The first kappa shape index (κ1) is 27.7. The Morgan fingerprint density at radius 1 is 1.17 bits per heavy atom. The Labute approximate surface area is 245 Å². The fourth-order valence-corrected chi connectivity index (χ4v) is 5.87. The van der Waals surface area contributed by atoms with Crippen molar-refractivity contribution in [1.29, 1.82) is 5.26 Å². The molecular formula is C31H36N8O3. The molecule has 4 aromatic heterocycles. The van der Waals surface area contributed by atoms with Gasteiger partial charge in [-0.05, 0) is 84.4 Å². The van der Waals surface area contributed by atoms with E-state index >= 15 is 0 Å². The molecular weight excluding hydrogens is 532 g/mol. The number of aromatic nitrogens is 6. The minimum atomic E-state index is -0.526. The van der Waals surface area contributed by atoms with E-state index in [9.17, 15) is 10.1 Å². The molecule has 6 rings (SSSR count). The maximum Gasteiger partial charge on any atom is 0.410 e. The molecule has 11 nitrogen and oxygen atoms in total. The molecule has 5 heterocycles. The number of nitrogens with zero attached hydrogens (tertiary/aromatic N) is 8. The number of imidazole rings is 1. The predicted molar refractivity (Wildman–Crippen MR) is 155 cm³/mol. The lowest BCUT2D eigenvalue weighted by atomic mass is 9.94. The van der Waals surface area contributed by atoms with Gasteiger partial charge in [0.15, 0.2) is 0 Å². The smallest absolute Gasteiger partial charge is 0.410 e. The zero-order valence-corrected chi connectivity index (χ0v) is 24.7. The molecule has 0 N–H and O–H groups in total. The highest BCUT2D eigenvalue weighted by atomic mass is 16.6. The largest absolute Gasteiger partial charge is 0.469 e. The summed E-state index contributed by atoms with van der Waals surface area (Å²) in [5, 5.41) is 18.9. The molecule has 1 amide bonds. The molecule has 0 spiro atoms. The van der Waals surface area contributed by atoms with Crippen molar-refractivity contribution in [3.8, 4) is 23.2 Å². The third kappa shape index (κ3) is 5.41. The summed E-state index contributed by atoms with van der Waals surface area (Å²) < 4.78 is 15.8. The summed E-state index contributed by atoms with van der Waals surface area (Å²) in [7, 11) is 0. The maximum absolute atomic E-state index is 13.0. The third-order valence-electron chi connectivity index (χ3n) is 8.05. The van der Waals surface area contributed by atoms with Crippen molar-refractivity contribution >= 4 is 11.7 Å². The molecule has 42 heavy (non-hydrogen) atoms. The van der Waals surface area contributed by atoms with E-state index in [1.807, 2.05) is 74.5 Å². The molecule has 0 radical (unpaired) electrons. The van der Waals surface area contributed by atoms with Gasteiger partial charge in [0.1, 0.15) is 34.8 Å². The Hall–Kier alpha value is -4.46. The lowest BCUT2D eigenvalue weighted by Gasteiger charge is -2.40. The molecule has 3 atom stereocenters. The van der Waals surface area contributed by atoms with Crippen LogP contribution in [0.4, 0.5) is 4.79 Å². The summed E-state index contributed by atoms with van der Waals surface area (Å²) in [5.74, 6) is 0.977. The first-order valence-corrected chi connectivity index (χ1v) is 14.5. The normalized spacial score (nSPS) is 19.9. The number of ether oxygens (including phenoxy) is 2. The molecule has 11 heteroatoms. The molecule has 2 unspecified atom stereocenters. The summed E-state index contributed by atoms with van der Waals surface area (Å²) >= 11 is 0. The summed E-state index contributed by atoms with van der Waals surface area (Å²) in [6, 6.07) is 11.9. The first-order chi connectivity index (χ1) is 20.1. The van der Waals surface area contributed by atoms with Crippen LogP contribution < -0.4 is 4.74 Å². The quantitative estimate of drug-likeness (QED) is 0.292. The van der Waals surface area contributed by atoms with Crippen molar-refractivity contribution in [2.45, 2.75) is 84.1 Å². The Balaban J connectivity index is 1.29. The molecule has 1 aliphatic carbocycles. The molecule has 1 saturated carbocycles. The van der Waals surface area contributed by atoms with Gasteiger partial charge >= 0.3 is 6.09 Å². The monoisotopic (exact) mass is 568 g/mol. The molecule has 0 bridgehead atoms. The fourth-order valence-electron chi connectivity index (χ4n) is 5.87. The van der Waals surface area contributed by atoms with Crippen LogP contribution in [-0.4, -0.2) is 58.5 Å². The van der Waals surface area contributed by atoms with Gasteiger partial charge in [-0.15, -0.1) is 5.10 Å². The molecule has 1 saturated heterocycles. The number of piperidine rings is 1. The zero-order chi connectivity index (χ0) is 29.6. The number of pyridine rings is 2. The highest BCUT2D eigenvalue weighted by Crippen LogP contribution is 2.43. The number of carbonyl (C=O) groups excluding carboxylic acids is 1. The van der Waals surface area contributed by atoms with Gasteiger partial charge in [0.25, 0.3) is 0 Å². The van der Waals surface area contributed by atoms with Crippen LogP contribution in [-0.2, 0) is 4.74 Å². The number of fused-ring (bicyclic) bond motifs is 1.